The molecule has 2 N–H and O–H groups in total. The topological polar surface area (TPSA) is 71.1 Å². The maximum absolute atomic E-state index is 11.6. The van der Waals surface area contributed by atoms with Crippen molar-refractivity contribution >= 4 is 23.2 Å². The molecule has 16 heavy (non-hydrogen) atoms. The Balaban J connectivity index is 2.41. The molecule has 0 aliphatic heterocycles. The minimum atomic E-state index is -0.188. The van der Waals surface area contributed by atoms with Crippen molar-refractivity contribution in [2.24, 2.45) is 0 Å². The number of rotatable bonds is 4. The maximum Gasteiger partial charge on any atom is 0.271 e. The Hall–Kier alpha value is -1.43. The second kappa shape index (κ2) is 5.60. The molecule has 0 atom stereocenters. The number of hydrogen-bond donors (Lipinski definition) is 2. The average Bonchev–Trinajstić information content (AvgIpc) is 2.52. The van der Waals surface area contributed by atoms with Gasteiger partial charge in [0.2, 0.25) is 5.91 Å². The van der Waals surface area contributed by atoms with Crippen molar-refractivity contribution in [2.75, 3.05) is 13.1 Å². The summed E-state index contributed by atoms with van der Waals surface area (Å²) in [6, 6.07) is 0. The van der Waals surface area contributed by atoms with Gasteiger partial charge in [-0.1, -0.05) is 0 Å². The van der Waals surface area contributed by atoms with E-state index >= 15 is 0 Å². The van der Waals surface area contributed by atoms with Crippen LogP contribution in [-0.4, -0.2) is 29.9 Å². The third-order valence-corrected chi connectivity index (χ3v) is 2.79. The van der Waals surface area contributed by atoms with Crippen molar-refractivity contribution in [1.29, 1.82) is 0 Å². The predicted octanol–water partition coefficient (Wildman–Crippen LogP) is 0.626. The van der Waals surface area contributed by atoms with Crippen LogP contribution in [0.15, 0.2) is 0 Å². The van der Waals surface area contributed by atoms with Crippen molar-refractivity contribution in [3.63, 3.8) is 0 Å². The van der Waals surface area contributed by atoms with Crippen molar-refractivity contribution < 1.29 is 9.59 Å². The monoisotopic (exact) mass is 241 g/mol. The van der Waals surface area contributed by atoms with Gasteiger partial charge in [-0.3, -0.25) is 9.59 Å². The summed E-state index contributed by atoms with van der Waals surface area (Å²) in [5.41, 5.74) is 0.477. The number of nitrogens with zero attached hydrogens (tertiary/aromatic N) is 1. The molecule has 0 fully saturated rings. The fraction of sp³-hybridized carbons (Fsp3) is 0.500. The third-order valence-electron chi connectivity index (χ3n) is 1.90. The number of aryl methyl sites for hydroxylation is 2. The van der Waals surface area contributed by atoms with Crippen LogP contribution in [0.3, 0.4) is 0 Å². The molecule has 5 nitrogen and oxygen atoms in total. The lowest BCUT2D eigenvalue weighted by Crippen LogP contribution is -2.34. The van der Waals surface area contributed by atoms with Crippen LogP contribution in [-0.2, 0) is 4.79 Å². The summed E-state index contributed by atoms with van der Waals surface area (Å²) >= 11 is 1.50. The van der Waals surface area contributed by atoms with Crippen LogP contribution in [0.1, 0.15) is 27.3 Å². The molecule has 1 aromatic heterocycles. The molecule has 1 aromatic rings. The summed E-state index contributed by atoms with van der Waals surface area (Å²) in [6.45, 7) is 6.02. The van der Waals surface area contributed by atoms with Gasteiger partial charge in [0.1, 0.15) is 5.69 Å². The average molecular weight is 241 g/mol. The summed E-state index contributed by atoms with van der Waals surface area (Å²) in [6.07, 6.45) is 0. The molecule has 0 aliphatic rings. The van der Waals surface area contributed by atoms with Crippen molar-refractivity contribution in [3.8, 4) is 0 Å². The fourth-order valence-corrected chi connectivity index (χ4v) is 2.05. The number of amides is 2. The lowest BCUT2D eigenvalue weighted by molar-refractivity contribution is -0.118. The van der Waals surface area contributed by atoms with Gasteiger partial charge >= 0.3 is 0 Å². The van der Waals surface area contributed by atoms with Crippen LogP contribution in [0.5, 0.6) is 0 Å². The zero-order chi connectivity index (χ0) is 12.1. The summed E-state index contributed by atoms with van der Waals surface area (Å²) in [5.74, 6) is -0.290. The molecule has 0 bridgehead atoms. The zero-order valence-corrected chi connectivity index (χ0v) is 10.4. The van der Waals surface area contributed by atoms with Gasteiger partial charge in [-0.15, -0.1) is 11.3 Å². The second-order valence-electron chi connectivity index (χ2n) is 3.38. The van der Waals surface area contributed by atoms with E-state index in [1.165, 1.54) is 18.3 Å². The van der Waals surface area contributed by atoms with E-state index in [0.29, 0.717) is 18.8 Å². The fourth-order valence-electron chi connectivity index (χ4n) is 1.24. The SMILES string of the molecule is CC(=O)NCCNC(=O)c1nc(C)sc1C. The molecule has 6 heteroatoms. The van der Waals surface area contributed by atoms with Crippen LogP contribution < -0.4 is 10.6 Å². The van der Waals surface area contributed by atoms with E-state index in [0.717, 1.165) is 9.88 Å². The van der Waals surface area contributed by atoms with Crippen LogP contribution in [0, 0.1) is 13.8 Å². The quantitative estimate of drug-likeness (QED) is 0.759. The molecule has 1 heterocycles. The minimum Gasteiger partial charge on any atom is -0.355 e. The molecule has 0 saturated carbocycles. The van der Waals surface area contributed by atoms with Gasteiger partial charge in [0.25, 0.3) is 5.91 Å². The first-order valence-corrected chi connectivity index (χ1v) is 5.79. The van der Waals surface area contributed by atoms with E-state index in [2.05, 4.69) is 15.6 Å². The largest absolute Gasteiger partial charge is 0.355 e. The van der Waals surface area contributed by atoms with Gasteiger partial charge in [-0.2, -0.15) is 0 Å². The van der Waals surface area contributed by atoms with Crippen molar-refractivity contribution in [2.45, 2.75) is 20.8 Å². The Morgan fingerprint density at radius 2 is 1.88 bits per heavy atom. The number of thiazole rings is 1. The van der Waals surface area contributed by atoms with E-state index in [4.69, 9.17) is 0 Å². The molecule has 0 aliphatic carbocycles. The first-order valence-electron chi connectivity index (χ1n) is 4.97. The highest BCUT2D eigenvalue weighted by Gasteiger charge is 2.12. The van der Waals surface area contributed by atoms with E-state index in [1.54, 1.807) is 0 Å². The standard InChI is InChI=1S/C10H15N3O2S/c1-6-9(13-8(3)16-6)10(15)12-5-4-11-7(2)14/h4-5H2,1-3H3,(H,11,14)(H,12,15). The lowest BCUT2D eigenvalue weighted by atomic mass is 10.3. The molecule has 0 saturated heterocycles. The molecule has 0 radical (unpaired) electrons. The molecular formula is C10H15N3O2S. The summed E-state index contributed by atoms with van der Waals surface area (Å²) in [5, 5.41) is 6.18. The first kappa shape index (κ1) is 12.6. The lowest BCUT2D eigenvalue weighted by Gasteiger charge is -2.04. The highest BCUT2D eigenvalue weighted by Crippen LogP contribution is 2.15. The number of nitrogens with one attached hydrogen (secondary N) is 2. The van der Waals surface area contributed by atoms with Gasteiger partial charge in [-0.05, 0) is 13.8 Å². The minimum absolute atomic E-state index is 0.102. The number of carbonyl (C=O) groups is 2. The van der Waals surface area contributed by atoms with E-state index < -0.39 is 0 Å². The molecule has 2 amide bonds. The first-order chi connectivity index (χ1) is 7.50. The molecule has 0 unspecified atom stereocenters. The number of hydrogen-bond acceptors (Lipinski definition) is 4. The number of carbonyl (C=O) groups excluding carboxylic acids is 2. The van der Waals surface area contributed by atoms with E-state index in [-0.39, 0.29) is 11.8 Å². The van der Waals surface area contributed by atoms with Crippen LogP contribution >= 0.6 is 11.3 Å². The van der Waals surface area contributed by atoms with Crippen LogP contribution in [0.25, 0.3) is 0 Å². The van der Waals surface area contributed by atoms with Gasteiger partial charge < -0.3 is 10.6 Å². The number of aromatic nitrogens is 1. The smallest absolute Gasteiger partial charge is 0.271 e. The van der Waals surface area contributed by atoms with Gasteiger partial charge in [0, 0.05) is 24.9 Å². The molecular weight excluding hydrogens is 226 g/mol. The van der Waals surface area contributed by atoms with Gasteiger partial charge in [0.05, 0.1) is 5.01 Å². The zero-order valence-electron chi connectivity index (χ0n) is 9.59. The van der Waals surface area contributed by atoms with E-state index in [1.807, 2.05) is 13.8 Å². The summed E-state index contributed by atoms with van der Waals surface area (Å²) < 4.78 is 0. The summed E-state index contributed by atoms with van der Waals surface area (Å²) in [4.78, 5) is 27.3. The highest BCUT2D eigenvalue weighted by atomic mass is 32.1. The van der Waals surface area contributed by atoms with Crippen LogP contribution in [0.4, 0.5) is 0 Å². The van der Waals surface area contributed by atoms with Crippen LogP contribution in [0.2, 0.25) is 0 Å². The van der Waals surface area contributed by atoms with E-state index in [9.17, 15) is 9.59 Å². The normalized spacial score (nSPS) is 9.94. The Bertz CT molecular complexity index is 401. The Morgan fingerprint density at radius 3 is 2.38 bits per heavy atom. The Labute approximate surface area is 98.3 Å². The third kappa shape index (κ3) is 3.62. The second-order valence-corrected chi connectivity index (χ2v) is 4.78. The van der Waals surface area contributed by atoms with Gasteiger partial charge in [-0.25, -0.2) is 4.98 Å². The van der Waals surface area contributed by atoms with Crippen molar-refractivity contribution in [1.82, 2.24) is 15.6 Å². The molecule has 88 valence electrons. The molecule has 0 aromatic carbocycles. The molecule has 0 spiro atoms. The van der Waals surface area contributed by atoms with Gasteiger partial charge in [0.15, 0.2) is 0 Å². The summed E-state index contributed by atoms with van der Waals surface area (Å²) in [7, 11) is 0. The Kier molecular flexibility index (Phi) is 4.42. The van der Waals surface area contributed by atoms with Crippen molar-refractivity contribution in [3.05, 3.63) is 15.6 Å². The predicted molar refractivity (Wildman–Crippen MR) is 62.6 cm³/mol. The highest BCUT2D eigenvalue weighted by molar-refractivity contribution is 7.11. The Morgan fingerprint density at radius 1 is 1.25 bits per heavy atom. The molecule has 1 rings (SSSR count). The maximum atomic E-state index is 11.6.